The second-order valence-electron chi connectivity index (χ2n) is 4.98. The van der Waals surface area contributed by atoms with Gasteiger partial charge >= 0.3 is 0 Å². The highest BCUT2D eigenvalue weighted by molar-refractivity contribution is 6.00. The standard InChI is InChI=1S/C14H16N4O2/c19-10-16-11-3-1-5-17(8-11)14(20)12-4-2-6-18-9-15-7-13(12)18/h2,4,6-7,9-11H,1,3,5,8H2,(H,16,19). The molecular formula is C14H16N4O2. The van der Waals surface area contributed by atoms with Crippen LogP contribution in [0.25, 0.3) is 5.52 Å². The molecular weight excluding hydrogens is 256 g/mol. The number of nitrogens with zero attached hydrogens (tertiary/aromatic N) is 3. The van der Waals surface area contributed by atoms with Crippen LogP contribution in [0.1, 0.15) is 23.2 Å². The van der Waals surface area contributed by atoms with Gasteiger partial charge in [-0.2, -0.15) is 0 Å². The third-order valence-corrected chi connectivity index (χ3v) is 3.69. The van der Waals surface area contributed by atoms with E-state index in [1.165, 1.54) is 0 Å². The molecule has 0 aromatic carbocycles. The zero-order chi connectivity index (χ0) is 13.9. The molecule has 1 fully saturated rings. The van der Waals surface area contributed by atoms with E-state index in [-0.39, 0.29) is 11.9 Å². The first-order valence-corrected chi connectivity index (χ1v) is 6.69. The Balaban J connectivity index is 1.84. The number of rotatable bonds is 3. The minimum atomic E-state index is -0.00602. The molecule has 1 aliphatic rings. The van der Waals surface area contributed by atoms with E-state index in [1.807, 2.05) is 22.7 Å². The number of hydrogen-bond acceptors (Lipinski definition) is 3. The normalized spacial score (nSPS) is 19.0. The molecule has 0 bridgehead atoms. The lowest BCUT2D eigenvalue weighted by Crippen LogP contribution is -2.47. The molecule has 1 N–H and O–H groups in total. The monoisotopic (exact) mass is 272 g/mol. The van der Waals surface area contributed by atoms with Crippen LogP contribution in [0.15, 0.2) is 30.9 Å². The van der Waals surface area contributed by atoms with Gasteiger partial charge in [-0.05, 0) is 25.0 Å². The van der Waals surface area contributed by atoms with Gasteiger partial charge in [0.15, 0.2) is 0 Å². The molecule has 3 heterocycles. The first kappa shape index (κ1) is 12.7. The number of likely N-dealkylation sites (tertiary alicyclic amines) is 1. The largest absolute Gasteiger partial charge is 0.354 e. The van der Waals surface area contributed by atoms with Crippen molar-refractivity contribution in [2.45, 2.75) is 18.9 Å². The first-order chi connectivity index (χ1) is 9.79. The maximum absolute atomic E-state index is 12.6. The van der Waals surface area contributed by atoms with Gasteiger partial charge in [-0.1, -0.05) is 0 Å². The minimum absolute atomic E-state index is 0.00602. The van der Waals surface area contributed by atoms with Gasteiger partial charge in [0.25, 0.3) is 5.91 Å². The van der Waals surface area contributed by atoms with Gasteiger partial charge in [0, 0.05) is 25.3 Å². The summed E-state index contributed by atoms with van der Waals surface area (Å²) >= 11 is 0. The maximum Gasteiger partial charge on any atom is 0.256 e. The number of pyridine rings is 1. The molecule has 0 radical (unpaired) electrons. The van der Waals surface area contributed by atoms with Crippen molar-refractivity contribution in [2.75, 3.05) is 13.1 Å². The Morgan fingerprint density at radius 1 is 1.50 bits per heavy atom. The molecule has 1 atom stereocenters. The van der Waals surface area contributed by atoms with E-state index in [9.17, 15) is 9.59 Å². The molecule has 0 saturated carbocycles. The zero-order valence-electron chi connectivity index (χ0n) is 11.0. The number of carbonyl (C=O) groups excluding carboxylic acids is 2. The Labute approximate surface area is 116 Å². The van der Waals surface area contributed by atoms with Crippen molar-refractivity contribution in [1.29, 1.82) is 0 Å². The number of hydrogen-bond donors (Lipinski definition) is 1. The van der Waals surface area contributed by atoms with E-state index in [0.717, 1.165) is 24.9 Å². The third-order valence-electron chi connectivity index (χ3n) is 3.69. The van der Waals surface area contributed by atoms with E-state index >= 15 is 0 Å². The molecule has 2 amide bonds. The summed E-state index contributed by atoms with van der Waals surface area (Å²) in [5.41, 5.74) is 1.46. The number of piperidine rings is 1. The van der Waals surface area contributed by atoms with Gasteiger partial charge in [-0.3, -0.25) is 9.59 Å². The highest BCUT2D eigenvalue weighted by Gasteiger charge is 2.25. The highest BCUT2D eigenvalue weighted by atomic mass is 16.2. The summed E-state index contributed by atoms with van der Waals surface area (Å²) < 4.78 is 1.83. The highest BCUT2D eigenvalue weighted by Crippen LogP contribution is 2.17. The Hall–Kier alpha value is -2.37. The SMILES string of the molecule is O=CNC1CCCN(C(=O)c2cccn3cncc23)C1. The number of amides is 2. The van der Waals surface area contributed by atoms with Gasteiger partial charge in [0.1, 0.15) is 0 Å². The molecule has 2 aromatic heterocycles. The number of imidazole rings is 1. The molecule has 6 nitrogen and oxygen atoms in total. The van der Waals surface area contributed by atoms with Crippen LogP contribution in [0.5, 0.6) is 0 Å². The van der Waals surface area contributed by atoms with Crippen LogP contribution in [0.2, 0.25) is 0 Å². The van der Waals surface area contributed by atoms with E-state index in [2.05, 4.69) is 10.3 Å². The average molecular weight is 272 g/mol. The van der Waals surface area contributed by atoms with E-state index in [0.29, 0.717) is 18.5 Å². The topological polar surface area (TPSA) is 66.7 Å². The van der Waals surface area contributed by atoms with Crippen LogP contribution >= 0.6 is 0 Å². The van der Waals surface area contributed by atoms with Crippen molar-refractivity contribution in [3.63, 3.8) is 0 Å². The van der Waals surface area contributed by atoms with E-state index < -0.39 is 0 Å². The molecule has 6 heteroatoms. The minimum Gasteiger partial charge on any atom is -0.354 e. The summed E-state index contributed by atoms with van der Waals surface area (Å²) in [6.07, 6.45) is 7.76. The summed E-state index contributed by atoms with van der Waals surface area (Å²) in [7, 11) is 0. The quantitative estimate of drug-likeness (QED) is 0.836. The van der Waals surface area contributed by atoms with Crippen LogP contribution in [0.4, 0.5) is 0 Å². The predicted octanol–water partition coefficient (Wildman–Crippen LogP) is 0.685. The lowest BCUT2D eigenvalue weighted by Gasteiger charge is -2.32. The number of nitrogens with one attached hydrogen (secondary N) is 1. The number of aromatic nitrogens is 2. The molecule has 20 heavy (non-hydrogen) atoms. The van der Waals surface area contributed by atoms with Crippen molar-refractivity contribution in [3.05, 3.63) is 36.4 Å². The van der Waals surface area contributed by atoms with Crippen LogP contribution in [-0.2, 0) is 4.79 Å². The lowest BCUT2D eigenvalue weighted by molar-refractivity contribution is -0.110. The Bertz CT molecular complexity index is 637. The first-order valence-electron chi connectivity index (χ1n) is 6.69. The molecule has 2 aromatic rings. The van der Waals surface area contributed by atoms with Gasteiger partial charge in [0.2, 0.25) is 6.41 Å². The Morgan fingerprint density at radius 3 is 3.25 bits per heavy atom. The summed E-state index contributed by atoms with van der Waals surface area (Å²) in [6, 6.07) is 3.71. The van der Waals surface area contributed by atoms with Crippen molar-refractivity contribution in [2.24, 2.45) is 0 Å². The molecule has 1 saturated heterocycles. The van der Waals surface area contributed by atoms with Gasteiger partial charge in [0.05, 0.1) is 23.6 Å². The number of carbonyl (C=O) groups is 2. The van der Waals surface area contributed by atoms with Crippen LogP contribution in [0, 0.1) is 0 Å². The molecule has 3 rings (SSSR count). The summed E-state index contributed by atoms with van der Waals surface area (Å²) in [4.78, 5) is 29.0. The van der Waals surface area contributed by atoms with Crippen LogP contribution in [0.3, 0.4) is 0 Å². The van der Waals surface area contributed by atoms with Crippen molar-refractivity contribution in [3.8, 4) is 0 Å². The maximum atomic E-state index is 12.6. The molecule has 1 unspecified atom stereocenters. The predicted molar refractivity (Wildman–Crippen MR) is 73.3 cm³/mol. The average Bonchev–Trinajstić information content (AvgIpc) is 2.95. The second kappa shape index (κ2) is 5.32. The molecule has 0 spiro atoms. The fourth-order valence-electron chi connectivity index (χ4n) is 2.69. The fourth-order valence-corrected chi connectivity index (χ4v) is 2.69. The van der Waals surface area contributed by atoms with Crippen LogP contribution < -0.4 is 5.32 Å². The fraction of sp³-hybridized carbons (Fsp3) is 0.357. The van der Waals surface area contributed by atoms with Crippen molar-refractivity contribution < 1.29 is 9.59 Å². The lowest BCUT2D eigenvalue weighted by atomic mass is 10.0. The summed E-state index contributed by atoms with van der Waals surface area (Å²) in [5, 5.41) is 2.76. The zero-order valence-corrected chi connectivity index (χ0v) is 11.0. The molecule has 104 valence electrons. The molecule has 1 aliphatic heterocycles. The van der Waals surface area contributed by atoms with E-state index in [1.54, 1.807) is 17.4 Å². The van der Waals surface area contributed by atoms with Gasteiger partial charge < -0.3 is 14.6 Å². The summed E-state index contributed by atoms with van der Waals surface area (Å²) in [6.45, 7) is 1.29. The molecule has 0 aliphatic carbocycles. The van der Waals surface area contributed by atoms with Crippen LogP contribution in [-0.4, -0.2) is 45.7 Å². The Kier molecular flexibility index (Phi) is 3.37. The van der Waals surface area contributed by atoms with Crippen molar-refractivity contribution >= 4 is 17.8 Å². The van der Waals surface area contributed by atoms with Gasteiger partial charge in [-0.15, -0.1) is 0 Å². The second-order valence-corrected chi connectivity index (χ2v) is 4.98. The van der Waals surface area contributed by atoms with Crippen molar-refractivity contribution in [1.82, 2.24) is 19.6 Å². The third kappa shape index (κ3) is 2.24. The summed E-state index contributed by atoms with van der Waals surface area (Å²) in [5.74, 6) is -0.00602. The number of fused-ring (bicyclic) bond motifs is 1. The van der Waals surface area contributed by atoms with E-state index in [4.69, 9.17) is 0 Å². The van der Waals surface area contributed by atoms with Gasteiger partial charge in [-0.25, -0.2) is 4.98 Å². The Morgan fingerprint density at radius 2 is 2.40 bits per heavy atom. The smallest absolute Gasteiger partial charge is 0.256 e.